The first-order valence-electron chi connectivity index (χ1n) is 5.63. The summed E-state index contributed by atoms with van der Waals surface area (Å²) in [6, 6.07) is 10.6. The minimum absolute atomic E-state index is 0.0481. The zero-order chi connectivity index (χ0) is 14.1. The zero-order valence-corrected chi connectivity index (χ0v) is 10.5. The number of nitrogens with zero attached hydrogens (tertiary/aromatic N) is 3. The first-order valence-corrected chi connectivity index (χ1v) is 5.63. The number of benzene rings is 1. The van der Waals surface area contributed by atoms with Crippen molar-refractivity contribution in [2.24, 2.45) is 5.10 Å². The summed E-state index contributed by atoms with van der Waals surface area (Å²) in [6.45, 7) is 0. The molecule has 0 aliphatic carbocycles. The van der Waals surface area contributed by atoms with E-state index in [9.17, 15) is 4.79 Å². The summed E-state index contributed by atoms with van der Waals surface area (Å²) >= 11 is 0. The summed E-state index contributed by atoms with van der Waals surface area (Å²) in [7, 11) is 1.59. The molecule has 1 aromatic carbocycles. The monoisotopic (exact) mass is 255 g/mol. The fourth-order valence-electron chi connectivity index (χ4n) is 1.41. The van der Waals surface area contributed by atoms with E-state index in [0.29, 0.717) is 18.5 Å². The first kappa shape index (κ1) is 14.2. The van der Waals surface area contributed by atoms with Crippen LogP contribution < -0.4 is 10.7 Å². The molecule has 1 amide bonds. The van der Waals surface area contributed by atoms with Gasteiger partial charge in [0.15, 0.2) is 0 Å². The van der Waals surface area contributed by atoms with Crippen LogP contribution in [0.25, 0.3) is 0 Å². The number of carbonyl (C=O) groups is 1. The maximum absolute atomic E-state index is 11.2. The number of carbonyl (C=O) groups excluding carboxylic acids is 1. The van der Waals surface area contributed by atoms with E-state index < -0.39 is 0 Å². The minimum atomic E-state index is -0.249. The maximum atomic E-state index is 11.2. The molecule has 0 heterocycles. The number of anilines is 1. The molecule has 0 bridgehead atoms. The Labute approximate surface area is 111 Å². The first-order chi connectivity index (χ1) is 9.21. The summed E-state index contributed by atoms with van der Waals surface area (Å²) in [5, 5.41) is 23.4. The van der Waals surface area contributed by atoms with Crippen LogP contribution in [0.5, 0.6) is 0 Å². The third-order valence-corrected chi connectivity index (χ3v) is 2.42. The topological polar surface area (TPSA) is 101 Å². The lowest BCUT2D eigenvalue weighted by molar-refractivity contribution is -0.120. The molecule has 0 saturated heterocycles. The zero-order valence-electron chi connectivity index (χ0n) is 10.5. The van der Waals surface area contributed by atoms with Gasteiger partial charge in [-0.15, -0.1) is 0 Å². The van der Waals surface area contributed by atoms with Crippen LogP contribution in [0.4, 0.5) is 5.69 Å². The van der Waals surface area contributed by atoms with E-state index in [1.807, 2.05) is 12.1 Å². The van der Waals surface area contributed by atoms with Gasteiger partial charge in [0, 0.05) is 13.5 Å². The van der Waals surface area contributed by atoms with Crippen LogP contribution in [-0.2, 0) is 11.2 Å². The van der Waals surface area contributed by atoms with Gasteiger partial charge in [-0.3, -0.25) is 10.2 Å². The SMILES string of the molecule is CNC(=O)CCc1ccccc1NN=C(C#N)C#N. The molecule has 0 radical (unpaired) electrons. The van der Waals surface area contributed by atoms with Crippen molar-refractivity contribution in [2.75, 3.05) is 12.5 Å². The Morgan fingerprint density at radius 2 is 2.00 bits per heavy atom. The van der Waals surface area contributed by atoms with E-state index in [2.05, 4.69) is 15.8 Å². The van der Waals surface area contributed by atoms with E-state index in [1.54, 1.807) is 31.3 Å². The smallest absolute Gasteiger partial charge is 0.237 e. The average molecular weight is 255 g/mol. The van der Waals surface area contributed by atoms with Gasteiger partial charge in [-0.2, -0.15) is 15.6 Å². The van der Waals surface area contributed by atoms with Crippen molar-refractivity contribution >= 4 is 17.3 Å². The molecule has 1 rings (SSSR count). The Balaban J connectivity index is 2.80. The molecule has 0 saturated carbocycles. The highest BCUT2D eigenvalue weighted by atomic mass is 16.1. The van der Waals surface area contributed by atoms with E-state index in [-0.39, 0.29) is 11.6 Å². The van der Waals surface area contributed by atoms with Crippen molar-refractivity contribution in [3.05, 3.63) is 29.8 Å². The Morgan fingerprint density at radius 3 is 2.63 bits per heavy atom. The molecular formula is C13H13N5O. The van der Waals surface area contributed by atoms with Gasteiger partial charge < -0.3 is 5.32 Å². The second-order valence-corrected chi connectivity index (χ2v) is 3.63. The fourth-order valence-corrected chi connectivity index (χ4v) is 1.41. The Hall–Kier alpha value is -2.86. The minimum Gasteiger partial charge on any atom is -0.359 e. The van der Waals surface area contributed by atoms with Gasteiger partial charge >= 0.3 is 0 Å². The Kier molecular flexibility index (Phi) is 5.58. The van der Waals surface area contributed by atoms with Gasteiger partial charge in [0.1, 0.15) is 12.1 Å². The van der Waals surface area contributed by atoms with Crippen molar-refractivity contribution in [1.82, 2.24) is 5.32 Å². The normalized spacial score (nSPS) is 8.79. The molecule has 0 fully saturated rings. The molecule has 6 nitrogen and oxygen atoms in total. The lowest BCUT2D eigenvalue weighted by atomic mass is 10.1. The molecule has 6 heteroatoms. The lowest BCUT2D eigenvalue weighted by Crippen LogP contribution is -2.18. The van der Waals surface area contributed by atoms with E-state index in [0.717, 1.165) is 5.56 Å². The second kappa shape index (κ2) is 7.46. The van der Waals surface area contributed by atoms with Crippen LogP contribution in [-0.4, -0.2) is 18.7 Å². The number of amides is 1. The quantitative estimate of drug-likeness (QED) is 0.609. The number of nitriles is 2. The Bertz CT molecular complexity index is 549. The van der Waals surface area contributed by atoms with Crippen LogP contribution in [0.2, 0.25) is 0 Å². The van der Waals surface area contributed by atoms with Crippen LogP contribution in [0.15, 0.2) is 29.4 Å². The number of hydrogen-bond donors (Lipinski definition) is 2. The summed E-state index contributed by atoms with van der Waals surface area (Å²) in [6.07, 6.45) is 0.912. The predicted octanol–water partition coefficient (Wildman–Crippen LogP) is 1.18. The lowest BCUT2D eigenvalue weighted by Gasteiger charge is -2.07. The summed E-state index contributed by atoms with van der Waals surface area (Å²) in [5.41, 5.74) is 3.99. The predicted molar refractivity (Wildman–Crippen MR) is 71.1 cm³/mol. The van der Waals surface area contributed by atoms with E-state index >= 15 is 0 Å². The number of aryl methyl sites for hydroxylation is 1. The van der Waals surface area contributed by atoms with Gasteiger partial charge in [0.2, 0.25) is 11.6 Å². The van der Waals surface area contributed by atoms with Gasteiger partial charge in [-0.05, 0) is 18.1 Å². The van der Waals surface area contributed by atoms with Gasteiger partial charge in [0.05, 0.1) is 5.69 Å². The highest BCUT2D eigenvalue weighted by Gasteiger charge is 2.04. The molecule has 0 aromatic heterocycles. The average Bonchev–Trinajstić information content (AvgIpc) is 2.46. The van der Waals surface area contributed by atoms with Crippen molar-refractivity contribution in [3.63, 3.8) is 0 Å². The molecule has 2 N–H and O–H groups in total. The maximum Gasteiger partial charge on any atom is 0.237 e. The van der Waals surface area contributed by atoms with Crippen LogP contribution >= 0.6 is 0 Å². The number of para-hydroxylation sites is 1. The highest BCUT2D eigenvalue weighted by molar-refractivity contribution is 6.10. The standard InChI is InChI=1S/C13H13N5O/c1-16-13(19)7-6-10-4-2-3-5-12(10)18-17-11(8-14)9-15/h2-5,18H,6-7H2,1H3,(H,16,19). The molecular weight excluding hydrogens is 242 g/mol. The third-order valence-electron chi connectivity index (χ3n) is 2.42. The molecule has 0 aliphatic heterocycles. The van der Waals surface area contributed by atoms with E-state index in [4.69, 9.17) is 10.5 Å². The molecule has 96 valence electrons. The highest BCUT2D eigenvalue weighted by Crippen LogP contribution is 2.16. The number of nitrogens with one attached hydrogen (secondary N) is 2. The summed E-state index contributed by atoms with van der Waals surface area (Å²) in [4.78, 5) is 11.2. The summed E-state index contributed by atoms with van der Waals surface area (Å²) in [5.74, 6) is -0.0481. The van der Waals surface area contributed by atoms with Crippen LogP contribution in [0, 0.1) is 22.7 Å². The Morgan fingerprint density at radius 1 is 1.32 bits per heavy atom. The third kappa shape index (κ3) is 4.49. The molecule has 0 atom stereocenters. The van der Waals surface area contributed by atoms with Crippen LogP contribution in [0.3, 0.4) is 0 Å². The molecule has 0 aliphatic rings. The number of rotatable bonds is 5. The van der Waals surface area contributed by atoms with Crippen molar-refractivity contribution in [3.8, 4) is 12.1 Å². The van der Waals surface area contributed by atoms with Gasteiger partial charge in [-0.1, -0.05) is 18.2 Å². The van der Waals surface area contributed by atoms with Crippen molar-refractivity contribution in [1.29, 1.82) is 10.5 Å². The second-order valence-electron chi connectivity index (χ2n) is 3.63. The largest absolute Gasteiger partial charge is 0.359 e. The van der Waals surface area contributed by atoms with Gasteiger partial charge in [-0.25, -0.2) is 0 Å². The molecule has 19 heavy (non-hydrogen) atoms. The van der Waals surface area contributed by atoms with Crippen molar-refractivity contribution in [2.45, 2.75) is 12.8 Å². The van der Waals surface area contributed by atoms with E-state index in [1.165, 1.54) is 0 Å². The van der Waals surface area contributed by atoms with Gasteiger partial charge in [0.25, 0.3) is 0 Å². The van der Waals surface area contributed by atoms with Crippen LogP contribution in [0.1, 0.15) is 12.0 Å². The molecule has 0 unspecified atom stereocenters. The fraction of sp³-hybridized carbons (Fsp3) is 0.231. The van der Waals surface area contributed by atoms with Crippen molar-refractivity contribution < 1.29 is 4.79 Å². The molecule has 1 aromatic rings. The summed E-state index contributed by atoms with van der Waals surface area (Å²) < 4.78 is 0. The number of hydrazone groups is 1. The molecule has 0 spiro atoms. The number of hydrogen-bond acceptors (Lipinski definition) is 5.